The van der Waals surface area contributed by atoms with Crippen LogP contribution in [0.3, 0.4) is 0 Å². The predicted octanol–water partition coefficient (Wildman–Crippen LogP) is 2.53. The van der Waals surface area contributed by atoms with Crippen molar-refractivity contribution in [3.8, 4) is 0 Å². The van der Waals surface area contributed by atoms with Crippen LogP contribution in [0.4, 0.5) is 0 Å². The van der Waals surface area contributed by atoms with Gasteiger partial charge in [-0.3, -0.25) is 0 Å². The van der Waals surface area contributed by atoms with Gasteiger partial charge in [-0.15, -0.1) is 0 Å². The third kappa shape index (κ3) is 11.9. The van der Waals surface area contributed by atoms with E-state index in [9.17, 15) is 0 Å². The first-order chi connectivity index (χ1) is 6.35. The summed E-state index contributed by atoms with van der Waals surface area (Å²) < 4.78 is 0. The summed E-state index contributed by atoms with van der Waals surface area (Å²) in [7, 11) is 1.50. The van der Waals surface area contributed by atoms with E-state index in [1.807, 2.05) is 0 Å². The molecule has 0 heterocycles. The van der Waals surface area contributed by atoms with Crippen LogP contribution in [0.2, 0.25) is 0 Å². The van der Waals surface area contributed by atoms with E-state index in [0.717, 1.165) is 6.04 Å². The lowest BCUT2D eigenvalue weighted by Crippen LogP contribution is -2.28. The van der Waals surface area contributed by atoms with Gasteiger partial charge in [-0.25, -0.2) is 0 Å². The number of unbranched alkanes of at least 4 members (excludes halogenated alkanes) is 2. The van der Waals surface area contributed by atoms with Gasteiger partial charge in [0.05, 0.1) is 0 Å². The maximum atomic E-state index is 4.50. The monoisotopic (exact) mass is 188 g/mol. The van der Waals surface area contributed by atoms with Gasteiger partial charge in [-0.2, -0.15) is 0 Å². The molecule has 0 aliphatic carbocycles. The fraction of sp³-hybridized carbons (Fsp3) is 1.00. The highest BCUT2D eigenvalue weighted by molar-refractivity contribution is 4.61. The van der Waals surface area contributed by atoms with Gasteiger partial charge in [0.15, 0.2) is 0 Å². The van der Waals surface area contributed by atoms with Crippen LogP contribution < -0.4 is 11.1 Å². The van der Waals surface area contributed by atoms with Gasteiger partial charge in [0.25, 0.3) is 0 Å². The zero-order chi connectivity index (χ0) is 10.5. The van der Waals surface area contributed by atoms with Crippen molar-refractivity contribution in [1.29, 1.82) is 0 Å². The van der Waals surface area contributed by atoms with E-state index in [4.69, 9.17) is 0 Å². The van der Waals surface area contributed by atoms with E-state index in [1.54, 1.807) is 0 Å². The lowest BCUT2D eigenvalue weighted by Gasteiger charge is -2.13. The molecule has 0 atom stereocenters. The maximum absolute atomic E-state index is 4.50. The van der Waals surface area contributed by atoms with Crippen molar-refractivity contribution in [2.75, 3.05) is 13.6 Å². The molecule has 0 aromatic rings. The Hall–Kier alpha value is -0.0800. The Labute approximate surface area is 84.3 Å². The first kappa shape index (κ1) is 15.4. The lowest BCUT2D eigenvalue weighted by atomic mass is 10.1. The van der Waals surface area contributed by atoms with Crippen LogP contribution >= 0.6 is 0 Å². The van der Waals surface area contributed by atoms with Crippen molar-refractivity contribution in [3.63, 3.8) is 0 Å². The van der Waals surface area contributed by atoms with Crippen molar-refractivity contribution in [1.82, 2.24) is 5.32 Å². The molecule has 0 fully saturated rings. The summed E-state index contributed by atoms with van der Waals surface area (Å²) in [6.45, 7) is 7.96. The van der Waals surface area contributed by atoms with Gasteiger partial charge in [-0.1, -0.05) is 33.6 Å². The van der Waals surface area contributed by atoms with Crippen LogP contribution in [0.25, 0.3) is 0 Å². The topological polar surface area (TPSA) is 38.0 Å². The number of rotatable bonds is 7. The average Bonchev–Trinajstić information content (AvgIpc) is 2.21. The Balaban J connectivity index is 0. The Morgan fingerprint density at radius 2 is 1.54 bits per heavy atom. The van der Waals surface area contributed by atoms with E-state index >= 15 is 0 Å². The molecule has 0 spiro atoms. The molecule has 0 bridgehead atoms. The van der Waals surface area contributed by atoms with E-state index < -0.39 is 0 Å². The predicted molar refractivity (Wildman–Crippen MR) is 62.0 cm³/mol. The molecule has 82 valence electrons. The van der Waals surface area contributed by atoms with Crippen molar-refractivity contribution < 1.29 is 0 Å². The average molecular weight is 188 g/mol. The third-order valence-corrected chi connectivity index (χ3v) is 2.20. The first-order valence-corrected chi connectivity index (χ1v) is 5.66. The smallest absolute Gasteiger partial charge is 0.00618 e. The third-order valence-electron chi connectivity index (χ3n) is 2.20. The first-order valence-electron chi connectivity index (χ1n) is 5.66. The Kier molecular flexibility index (Phi) is 17.1. The van der Waals surface area contributed by atoms with E-state index in [-0.39, 0.29) is 0 Å². The molecule has 3 N–H and O–H groups in total. The number of hydrogen-bond donors (Lipinski definition) is 2. The zero-order valence-corrected chi connectivity index (χ0v) is 9.90. The summed E-state index contributed by atoms with van der Waals surface area (Å²) in [6, 6.07) is 0.756. The Morgan fingerprint density at radius 3 is 1.92 bits per heavy atom. The summed E-state index contributed by atoms with van der Waals surface area (Å²) in [6.07, 6.45) is 6.57. The molecule has 0 radical (unpaired) electrons. The molecule has 0 aromatic carbocycles. The highest BCUT2D eigenvalue weighted by Crippen LogP contribution is 1.97. The van der Waals surface area contributed by atoms with Gasteiger partial charge in [0.1, 0.15) is 0 Å². The van der Waals surface area contributed by atoms with Crippen LogP contribution in [0.5, 0.6) is 0 Å². The van der Waals surface area contributed by atoms with Crippen LogP contribution in [0.1, 0.15) is 52.9 Å². The fourth-order valence-corrected chi connectivity index (χ4v) is 1.26. The molecule has 0 aliphatic heterocycles. The second kappa shape index (κ2) is 14.4. The molecule has 2 heteroatoms. The van der Waals surface area contributed by atoms with Gasteiger partial charge in [0.2, 0.25) is 0 Å². The molecule has 13 heavy (non-hydrogen) atoms. The van der Waals surface area contributed by atoms with Crippen LogP contribution in [-0.4, -0.2) is 19.6 Å². The fourth-order valence-electron chi connectivity index (χ4n) is 1.26. The second-order valence-electron chi connectivity index (χ2n) is 3.17. The Morgan fingerprint density at radius 1 is 1.00 bits per heavy atom. The summed E-state index contributed by atoms with van der Waals surface area (Å²) in [4.78, 5) is 0. The molecule has 0 saturated heterocycles. The summed E-state index contributed by atoms with van der Waals surface area (Å²) in [5, 5.41) is 3.55. The van der Waals surface area contributed by atoms with E-state index in [1.165, 1.54) is 45.7 Å². The largest absolute Gasteiger partial charge is 0.333 e. The van der Waals surface area contributed by atoms with Gasteiger partial charge in [0, 0.05) is 6.04 Å². The quantitative estimate of drug-likeness (QED) is 0.603. The molecule has 0 aromatic heterocycles. The van der Waals surface area contributed by atoms with Gasteiger partial charge in [-0.05, 0) is 32.9 Å². The van der Waals surface area contributed by atoms with Crippen LogP contribution in [0.15, 0.2) is 0 Å². The SMILES string of the molecule is CCCCCNC(CC)CC.CN. The number of nitrogens with two attached hydrogens (primary N) is 1. The molecular weight excluding hydrogens is 160 g/mol. The van der Waals surface area contributed by atoms with E-state index in [0.29, 0.717) is 0 Å². The molecule has 0 aliphatic rings. The molecule has 0 unspecified atom stereocenters. The van der Waals surface area contributed by atoms with Crippen LogP contribution in [-0.2, 0) is 0 Å². The standard InChI is InChI=1S/C10H23N.CH5N/c1-4-7-8-9-11-10(5-2)6-3;1-2/h10-11H,4-9H2,1-3H3;2H2,1H3. The normalized spacial score (nSPS) is 9.69. The van der Waals surface area contributed by atoms with Crippen molar-refractivity contribution in [3.05, 3.63) is 0 Å². The lowest BCUT2D eigenvalue weighted by molar-refractivity contribution is 0.473. The minimum Gasteiger partial charge on any atom is -0.333 e. The van der Waals surface area contributed by atoms with E-state index in [2.05, 4.69) is 31.8 Å². The molecule has 0 rings (SSSR count). The van der Waals surface area contributed by atoms with Crippen molar-refractivity contribution in [2.45, 2.75) is 58.9 Å². The minimum absolute atomic E-state index is 0.756. The minimum atomic E-state index is 0.756. The van der Waals surface area contributed by atoms with Crippen molar-refractivity contribution >= 4 is 0 Å². The van der Waals surface area contributed by atoms with Gasteiger partial charge < -0.3 is 11.1 Å². The highest BCUT2D eigenvalue weighted by Gasteiger charge is 1.99. The highest BCUT2D eigenvalue weighted by atomic mass is 14.9. The summed E-state index contributed by atoms with van der Waals surface area (Å²) in [5.41, 5.74) is 4.50. The molecule has 0 saturated carbocycles. The summed E-state index contributed by atoms with van der Waals surface area (Å²) >= 11 is 0. The van der Waals surface area contributed by atoms with Crippen LogP contribution in [0, 0.1) is 0 Å². The van der Waals surface area contributed by atoms with Crippen molar-refractivity contribution in [2.24, 2.45) is 5.73 Å². The second-order valence-corrected chi connectivity index (χ2v) is 3.17. The van der Waals surface area contributed by atoms with Gasteiger partial charge >= 0.3 is 0 Å². The number of hydrogen-bond acceptors (Lipinski definition) is 2. The maximum Gasteiger partial charge on any atom is 0.00618 e. The molecular formula is C11H28N2. The zero-order valence-electron chi connectivity index (χ0n) is 9.90. The Bertz CT molecular complexity index is 70.5. The molecule has 0 amide bonds. The summed E-state index contributed by atoms with van der Waals surface area (Å²) in [5.74, 6) is 0. The number of nitrogens with one attached hydrogen (secondary N) is 1. The molecule has 2 nitrogen and oxygen atoms in total.